The van der Waals surface area contributed by atoms with E-state index in [1.807, 2.05) is 39.0 Å². The van der Waals surface area contributed by atoms with Crippen molar-refractivity contribution in [2.75, 3.05) is 40.0 Å². The number of rotatable bonds is 5. The van der Waals surface area contributed by atoms with Crippen molar-refractivity contribution in [2.45, 2.75) is 58.6 Å². The summed E-state index contributed by atoms with van der Waals surface area (Å²) in [5.41, 5.74) is 4.03. The number of fused-ring (bicyclic) bond motifs is 6. The van der Waals surface area contributed by atoms with Crippen LogP contribution in [0.3, 0.4) is 0 Å². The number of ether oxygens (including phenoxy) is 4. The van der Waals surface area contributed by atoms with E-state index in [1.54, 1.807) is 4.57 Å². The van der Waals surface area contributed by atoms with E-state index in [1.165, 1.54) is 0 Å². The molecule has 0 unspecified atom stereocenters. The van der Waals surface area contributed by atoms with Gasteiger partial charge in [0.05, 0.1) is 35.1 Å². The molecule has 40 heavy (non-hydrogen) atoms. The quantitative estimate of drug-likeness (QED) is 0.350. The molecule has 210 valence electrons. The van der Waals surface area contributed by atoms with E-state index >= 15 is 0 Å². The van der Waals surface area contributed by atoms with Gasteiger partial charge in [0, 0.05) is 55.3 Å². The van der Waals surface area contributed by atoms with Crippen molar-refractivity contribution in [1.82, 2.24) is 19.4 Å². The number of nitrogens with zero attached hydrogens (tertiary/aromatic N) is 4. The van der Waals surface area contributed by atoms with Crippen molar-refractivity contribution >= 4 is 16.9 Å². The van der Waals surface area contributed by atoms with Crippen LogP contribution in [-0.4, -0.2) is 71.4 Å². The fraction of sp³-hybridized carbons (Fsp3) is 0.500. The smallest absolute Gasteiger partial charge is 0.343 e. The lowest BCUT2D eigenvalue weighted by Gasteiger charge is -2.37. The van der Waals surface area contributed by atoms with Gasteiger partial charge in [0.25, 0.3) is 5.56 Å². The summed E-state index contributed by atoms with van der Waals surface area (Å²) in [6.45, 7) is 10.9. The van der Waals surface area contributed by atoms with E-state index in [-0.39, 0.29) is 25.1 Å². The van der Waals surface area contributed by atoms with Crippen molar-refractivity contribution in [3.05, 3.63) is 50.8 Å². The molecule has 0 amide bonds. The molecule has 2 aromatic heterocycles. The van der Waals surface area contributed by atoms with Gasteiger partial charge in [-0.05, 0) is 45.0 Å². The molecule has 10 nitrogen and oxygen atoms in total. The van der Waals surface area contributed by atoms with Gasteiger partial charge in [0.15, 0.2) is 17.1 Å². The first kappa shape index (κ1) is 25.5. The Morgan fingerprint density at radius 3 is 2.50 bits per heavy atom. The van der Waals surface area contributed by atoms with Gasteiger partial charge in [-0.25, -0.2) is 9.78 Å². The van der Waals surface area contributed by atoms with Crippen LogP contribution >= 0.6 is 0 Å². The Morgan fingerprint density at radius 2 is 1.77 bits per heavy atom. The molecule has 0 spiro atoms. The average molecular weight is 547 g/mol. The topological polar surface area (TPSA) is 95.4 Å². The maximum atomic E-state index is 14.0. The zero-order valence-electron chi connectivity index (χ0n) is 23.4. The van der Waals surface area contributed by atoms with Crippen molar-refractivity contribution < 1.29 is 23.7 Å². The largest absolute Gasteiger partial charge is 0.458 e. The highest BCUT2D eigenvalue weighted by Crippen LogP contribution is 2.44. The van der Waals surface area contributed by atoms with Crippen molar-refractivity contribution in [2.24, 2.45) is 0 Å². The SMILES string of the molecule is CC[C@@]1(OC(C)C)C(=O)OCc2c1cc1n(c2=O)Cc2c-1nc1cc3c(cc1c2CN1CCN(C)CC1)OCO3. The van der Waals surface area contributed by atoms with Gasteiger partial charge in [-0.2, -0.15) is 0 Å². The summed E-state index contributed by atoms with van der Waals surface area (Å²) in [5, 5.41) is 1.01. The number of pyridine rings is 2. The van der Waals surface area contributed by atoms with Gasteiger partial charge in [-0.15, -0.1) is 0 Å². The molecule has 0 aliphatic carbocycles. The van der Waals surface area contributed by atoms with Gasteiger partial charge in [0.2, 0.25) is 6.79 Å². The lowest BCUT2D eigenvalue weighted by molar-refractivity contribution is -0.187. The van der Waals surface area contributed by atoms with Crippen LogP contribution in [0.1, 0.15) is 49.4 Å². The number of esters is 1. The molecule has 0 saturated carbocycles. The molecule has 7 rings (SSSR count). The third-order valence-electron chi connectivity index (χ3n) is 8.68. The van der Waals surface area contributed by atoms with Gasteiger partial charge < -0.3 is 28.4 Å². The van der Waals surface area contributed by atoms with E-state index in [2.05, 4.69) is 16.8 Å². The fourth-order valence-electron chi connectivity index (χ4n) is 6.55. The Balaban J connectivity index is 1.43. The van der Waals surface area contributed by atoms with Gasteiger partial charge in [0.1, 0.15) is 6.61 Å². The number of hydrogen-bond donors (Lipinski definition) is 0. The number of aromatic nitrogens is 2. The number of piperazine rings is 1. The molecule has 1 aromatic carbocycles. The van der Waals surface area contributed by atoms with Gasteiger partial charge >= 0.3 is 5.97 Å². The number of cyclic esters (lactones) is 1. The molecule has 0 radical (unpaired) electrons. The number of likely N-dealkylation sites (N-methyl/N-ethyl adjacent to an activating group) is 1. The highest BCUT2D eigenvalue weighted by molar-refractivity contribution is 5.91. The summed E-state index contributed by atoms with van der Waals surface area (Å²) in [5.74, 6) is 0.935. The minimum atomic E-state index is -1.33. The van der Waals surface area contributed by atoms with Crippen molar-refractivity contribution in [3.8, 4) is 22.9 Å². The van der Waals surface area contributed by atoms with Crippen molar-refractivity contribution in [3.63, 3.8) is 0 Å². The zero-order valence-corrected chi connectivity index (χ0v) is 23.4. The maximum absolute atomic E-state index is 14.0. The first-order valence-electron chi connectivity index (χ1n) is 14.1. The number of carbonyl (C=O) groups excluding carboxylic acids is 1. The van der Waals surface area contributed by atoms with Crippen LogP contribution < -0.4 is 15.0 Å². The van der Waals surface area contributed by atoms with Crippen molar-refractivity contribution in [1.29, 1.82) is 0 Å². The molecule has 4 aliphatic rings. The third kappa shape index (κ3) is 3.77. The standard InChI is InChI=1S/C30H34N4O6/c1-5-30(40-17(2)3)22-11-24-27-20(14-34(24)28(35)21(22)15-37-29(30)36)19(13-33-8-6-32(4)7-9-33)18-10-25-26(39-16-38-25)12-23(18)31-27/h10-12,17H,5-9,13-16H2,1-4H3/t30-/m0/s1. The van der Waals surface area contributed by atoms with Crippen LogP contribution in [0.4, 0.5) is 0 Å². The molecule has 10 heteroatoms. The van der Waals surface area contributed by atoms with Crippen LogP contribution in [0, 0.1) is 0 Å². The normalized spacial score (nSPS) is 22.0. The summed E-state index contributed by atoms with van der Waals surface area (Å²) >= 11 is 0. The molecule has 4 aliphatic heterocycles. The lowest BCUT2D eigenvalue weighted by atomic mass is 9.85. The molecule has 3 aromatic rings. The van der Waals surface area contributed by atoms with Crippen LogP contribution in [0.15, 0.2) is 23.0 Å². The molecular weight excluding hydrogens is 512 g/mol. The summed E-state index contributed by atoms with van der Waals surface area (Å²) < 4.78 is 25.0. The van der Waals surface area contributed by atoms with Crippen LogP contribution in [-0.2, 0) is 39.6 Å². The maximum Gasteiger partial charge on any atom is 0.343 e. The second-order valence-electron chi connectivity index (χ2n) is 11.5. The van der Waals surface area contributed by atoms with Crippen LogP contribution in [0.25, 0.3) is 22.3 Å². The zero-order chi connectivity index (χ0) is 27.8. The Kier molecular flexibility index (Phi) is 5.92. The van der Waals surface area contributed by atoms with Crippen LogP contribution in [0.2, 0.25) is 0 Å². The first-order chi connectivity index (χ1) is 19.3. The monoisotopic (exact) mass is 546 g/mol. The lowest BCUT2D eigenvalue weighted by Crippen LogP contribution is -2.47. The number of carbonyl (C=O) groups is 1. The Hall–Kier alpha value is -3.47. The molecule has 0 bridgehead atoms. The predicted molar refractivity (Wildman–Crippen MR) is 147 cm³/mol. The summed E-state index contributed by atoms with van der Waals surface area (Å²) in [4.78, 5) is 37.1. The van der Waals surface area contributed by atoms with E-state index < -0.39 is 11.6 Å². The summed E-state index contributed by atoms with van der Waals surface area (Å²) in [7, 11) is 2.15. The minimum absolute atomic E-state index is 0.0578. The Bertz CT molecular complexity index is 1610. The second kappa shape index (κ2) is 9.29. The number of hydrogen-bond acceptors (Lipinski definition) is 9. The van der Waals surface area contributed by atoms with Gasteiger partial charge in [-0.3, -0.25) is 9.69 Å². The molecule has 1 atom stereocenters. The Morgan fingerprint density at radius 1 is 1.02 bits per heavy atom. The molecule has 6 heterocycles. The third-order valence-corrected chi connectivity index (χ3v) is 8.68. The average Bonchev–Trinajstić information content (AvgIpc) is 3.55. The minimum Gasteiger partial charge on any atom is -0.458 e. The molecule has 1 saturated heterocycles. The summed E-state index contributed by atoms with van der Waals surface area (Å²) in [6, 6.07) is 5.90. The highest BCUT2D eigenvalue weighted by atomic mass is 16.7. The summed E-state index contributed by atoms with van der Waals surface area (Å²) in [6.07, 6.45) is 0.124. The molecule has 0 N–H and O–H groups in total. The van der Waals surface area contributed by atoms with Crippen LogP contribution in [0.5, 0.6) is 11.5 Å². The number of benzene rings is 1. The second-order valence-corrected chi connectivity index (χ2v) is 11.5. The van der Waals surface area contributed by atoms with E-state index in [0.29, 0.717) is 41.3 Å². The highest BCUT2D eigenvalue weighted by Gasteiger charge is 2.48. The Labute approximate surface area is 232 Å². The van der Waals surface area contributed by atoms with E-state index in [9.17, 15) is 9.59 Å². The van der Waals surface area contributed by atoms with E-state index in [4.69, 9.17) is 23.9 Å². The van der Waals surface area contributed by atoms with Gasteiger partial charge in [-0.1, -0.05) is 6.92 Å². The predicted octanol–water partition coefficient (Wildman–Crippen LogP) is 2.99. The molecule has 1 fully saturated rings. The molecular formula is C30H34N4O6. The van der Waals surface area contributed by atoms with E-state index in [0.717, 1.165) is 60.4 Å². The first-order valence-corrected chi connectivity index (χ1v) is 14.1. The fourth-order valence-corrected chi connectivity index (χ4v) is 6.55.